The molecule has 0 radical (unpaired) electrons. The van der Waals surface area contributed by atoms with Crippen molar-refractivity contribution in [2.24, 2.45) is 0 Å². The monoisotopic (exact) mass is 301 g/mol. The van der Waals surface area contributed by atoms with Gasteiger partial charge in [0.2, 0.25) is 0 Å². The van der Waals surface area contributed by atoms with Gasteiger partial charge in [0, 0.05) is 0 Å². The average molecular weight is 301 g/mol. The largest absolute Gasteiger partial charge is 0.436 e. The number of aryl methyl sites for hydroxylation is 4. The Morgan fingerprint density at radius 3 is 1.78 bits per heavy atom. The lowest BCUT2D eigenvalue weighted by molar-refractivity contribution is 1.28. The summed E-state index contributed by atoms with van der Waals surface area (Å²) in [7, 11) is 0. The fraction of sp³-hybridized carbons (Fsp3) is 0.190. The second-order valence-corrected chi connectivity index (χ2v) is 6.00. The van der Waals surface area contributed by atoms with Crippen molar-refractivity contribution in [3.8, 4) is 11.3 Å². The summed E-state index contributed by atoms with van der Waals surface area (Å²) in [4.78, 5) is 4.78. The van der Waals surface area contributed by atoms with Crippen LogP contribution in [-0.4, -0.2) is 4.98 Å². The number of hydrogen-bond acceptors (Lipinski definition) is 1. The van der Waals surface area contributed by atoms with E-state index in [1.54, 1.807) is 0 Å². The molecule has 2 heteroatoms. The van der Waals surface area contributed by atoms with Gasteiger partial charge in [-0.2, -0.15) is 0 Å². The Labute approximate surface area is 138 Å². The molecule has 23 heavy (non-hydrogen) atoms. The Balaban J connectivity index is 2.01. The Morgan fingerprint density at radius 2 is 1.17 bits per heavy atom. The zero-order valence-corrected chi connectivity index (χ0v) is 14.1. The summed E-state index contributed by atoms with van der Waals surface area (Å²) in [5, 5.41) is 4.77. The number of hydrogen-bond donors (Lipinski definition) is 0. The third-order valence-electron chi connectivity index (χ3n) is 4.14. The molecular formula is C21H21N2-. The Kier molecular flexibility index (Phi) is 4.16. The molecule has 0 bridgehead atoms. The van der Waals surface area contributed by atoms with Crippen molar-refractivity contribution in [3.05, 3.63) is 82.2 Å². The van der Waals surface area contributed by atoms with Crippen LogP contribution in [0.5, 0.6) is 0 Å². The second-order valence-electron chi connectivity index (χ2n) is 6.00. The highest BCUT2D eigenvalue weighted by atomic mass is 15.0. The molecule has 1 aromatic heterocycles. The molecule has 0 aliphatic heterocycles. The smallest absolute Gasteiger partial charge is 0.0166 e. The summed E-state index contributed by atoms with van der Waals surface area (Å²) < 4.78 is 0. The maximum absolute atomic E-state index is 4.78. The number of benzene rings is 2. The highest BCUT2D eigenvalue weighted by Crippen LogP contribution is 2.36. The van der Waals surface area contributed by atoms with Crippen LogP contribution in [0.15, 0.2) is 54.6 Å². The maximum Gasteiger partial charge on any atom is -0.0166 e. The molecule has 0 saturated carbocycles. The van der Waals surface area contributed by atoms with Crippen LogP contribution in [0.2, 0.25) is 0 Å². The van der Waals surface area contributed by atoms with Crippen molar-refractivity contribution in [3.63, 3.8) is 0 Å². The molecule has 1 heterocycles. The predicted octanol–water partition coefficient (Wildman–Crippen LogP) is 6.32. The molecule has 0 aliphatic carbocycles. The predicted molar refractivity (Wildman–Crippen MR) is 97.7 cm³/mol. The number of nitrogens with zero attached hydrogens (tertiary/aromatic N) is 2. The lowest BCUT2D eigenvalue weighted by Gasteiger charge is -2.22. The molecule has 2 nitrogen and oxygen atoms in total. The van der Waals surface area contributed by atoms with E-state index < -0.39 is 0 Å². The zero-order valence-electron chi connectivity index (χ0n) is 14.1. The molecule has 0 unspecified atom stereocenters. The van der Waals surface area contributed by atoms with Crippen LogP contribution in [0.1, 0.15) is 22.3 Å². The SMILES string of the molecule is Cc1cccc(C)c1[N-]c1cccc(-c2c(C)cccc2C)n1. The molecule has 3 aromatic rings. The van der Waals surface area contributed by atoms with Crippen molar-refractivity contribution >= 4 is 11.5 Å². The lowest BCUT2D eigenvalue weighted by Crippen LogP contribution is -1.91. The molecule has 0 atom stereocenters. The molecule has 0 spiro atoms. The summed E-state index contributed by atoms with van der Waals surface area (Å²) in [5.41, 5.74) is 8.01. The minimum atomic E-state index is 0.752. The minimum absolute atomic E-state index is 0.752. The van der Waals surface area contributed by atoms with Gasteiger partial charge in [0.15, 0.2) is 0 Å². The first-order valence-corrected chi connectivity index (χ1v) is 7.88. The van der Waals surface area contributed by atoms with Gasteiger partial charge in [-0.25, -0.2) is 0 Å². The number of aromatic nitrogens is 1. The van der Waals surface area contributed by atoms with Gasteiger partial charge >= 0.3 is 0 Å². The summed E-state index contributed by atoms with van der Waals surface area (Å²) >= 11 is 0. The molecule has 2 aromatic carbocycles. The van der Waals surface area contributed by atoms with E-state index in [1.807, 2.05) is 12.1 Å². The fourth-order valence-electron chi connectivity index (χ4n) is 2.94. The average Bonchev–Trinajstić information content (AvgIpc) is 2.51. The molecule has 0 N–H and O–H groups in total. The van der Waals surface area contributed by atoms with Crippen LogP contribution in [0.4, 0.5) is 11.5 Å². The van der Waals surface area contributed by atoms with Gasteiger partial charge in [-0.15, -0.1) is 0 Å². The molecule has 0 saturated heterocycles. The van der Waals surface area contributed by atoms with Crippen molar-refractivity contribution < 1.29 is 0 Å². The summed E-state index contributed by atoms with van der Waals surface area (Å²) in [5.74, 6) is 0.752. The van der Waals surface area contributed by atoms with Crippen LogP contribution < -0.4 is 0 Å². The van der Waals surface area contributed by atoms with E-state index in [4.69, 9.17) is 10.3 Å². The van der Waals surface area contributed by atoms with E-state index in [0.717, 1.165) is 17.2 Å². The van der Waals surface area contributed by atoms with Crippen molar-refractivity contribution in [2.45, 2.75) is 27.7 Å². The summed E-state index contributed by atoms with van der Waals surface area (Å²) in [6, 6.07) is 18.6. The normalized spacial score (nSPS) is 10.6. The maximum atomic E-state index is 4.78. The molecule has 0 amide bonds. The minimum Gasteiger partial charge on any atom is -0.436 e. The fourth-order valence-corrected chi connectivity index (χ4v) is 2.94. The number of para-hydroxylation sites is 1. The molecular weight excluding hydrogens is 280 g/mol. The first-order chi connectivity index (χ1) is 11.1. The standard InChI is InChI=1S/C21H21N2/c1-14-8-5-9-15(2)20(14)18-12-7-13-19(22-18)23-21-16(3)10-6-11-17(21)4/h5-13H,1-4H3/q-1. The lowest BCUT2D eigenvalue weighted by atomic mass is 10.00. The van der Waals surface area contributed by atoms with Gasteiger partial charge in [-0.3, -0.25) is 0 Å². The summed E-state index contributed by atoms with van der Waals surface area (Å²) in [6.07, 6.45) is 0. The third-order valence-corrected chi connectivity index (χ3v) is 4.14. The van der Waals surface area contributed by atoms with Gasteiger partial charge < -0.3 is 10.3 Å². The van der Waals surface area contributed by atoms with Crippen molar-refractivity contribution in [2.75, 3.05) is 0 Å². The van der Waals surface area contributed by atoms with Crippen LogP contribution >= 0.6 is 0 Å². The first-order valence-electron chi connectivity index (χ1n) is 7.88. The second kappa shape index (κ2) is 6.25. The van der Waals surface area contributed by atoms with Crippen molar-refractivity contribution in [1.82, 2.24) is 4.98 Å². The molecule has 116 valence electrons. The highest BCUT2D eigenvalue weighted by Gasteiger charge is 2.03. The van der Waals surface area contributed by atoms with Gasteiger partial charge in [0.05, 0.1) is 0 Å². The van der Waals surface area contributed by atoms with E-state index in [1.165, 1.54) is 27.8 Å². The van der Waals surface area contributed by atoms with Gasteiger partial charge in [0.25, 0.3) is 0 Å². The van der Waals surface area contributed by atoms with E-state index in [9.17, 15) is 0 Å². The molecule has 3 rings (SSSR count). The number of pyridine rings is 1. The van der Waals surface area contributed by atoms with Gasteiger partial charge in [0.1, 0.15) is 0 Å². The first kappa shape index (κ1) is 15.3. The van der Waals surface area contributed by atoms with E-state index >= 15 is 0 Å². The quantitative estimate of drug-likeness (QED) is 0.556. The Hall–Kier alpha value is -2.61. The topological polar surface area (TPSA) is 27.0 Å². The summed E-state index contributed by atoms with van der Waals surface area (Å²) in [6.45, 7) is 8.42. The molecule has 0 fully saturated rings. The molecule has 0 aliphatic rings. The van der Waals surface area contributed by atoms with Crippen LogP contribution in [-0.2, 0) is 0 Å². The Morgan fingerprint density at radius 1 is 0.652 bits per heavy atom. The highest BCUT2D eigenvalue weighted by molar-refractivity contribution is 5.73. The van der Waals surface area contributed by atoms with Gasteiger partial charge in [-0.05, 0) is 66.9 Å². The number of rotatable bonds is 3. The van der Waals surface area contributed by atoms with Gasteiger partial charge in [-0.1, -0.05) is 60.4 Å². The van der Waals surface area contributed by atoms with E-state index in [0.29, 0.717) is 0 Å². The Bertz CT molecular complexity index is 810. The van der Waals surface area contributed by atoms with Crippen LogP contribution in [0.25, 0.3) is 16.6 Å². The van der Waals surface area contributed by atoms with E-state index in [2.05, 4.69) is 70.2 Å². The van der Waals surface area contributed by atoms with Crippen molar-refractivity contribution in [1.29, 1.82) is 0 Å². The third kappa shape index (κ3) is 3.11. The van der Waals surface area contributed by atoms with Crippen LogP contribution in [0, 0.1) is 27.7 Å². The van der Waals surface area contributed by atoms with Crippen LogP contribution in [0.3, 0.4) is 0 Å². The zero-order chi connectivity index (χ0) is 16.4. The van der Waals surface area contributed by atoms with E-state index in [-0.39, 0.29) is 0 Å².